The third kappa shape index (κ3) is 23.0. The van der Waals surface area contributed by atoms with Gasteiger partial charge in [0.1, 0.15) is 52.8 Å². The Morgan fingerprint density at radius 1 is 0.573 bits per heavy atom. The Bertz CT molecular complexity index is 2490. The number of carbonyl (C=O) groups excluding carboxylic acids is 10. The van der Waals surface area contributed by atoms with Crippen LogP contribution in [0.1, 0.15) is 99.1 Å². The van der Waals surface area contributed by atoms with Gasteiger partial charge in [-0.25, -0.2) is 9.59 Å². The van der Waals surface area contributed by atoms with E-state index in [4.69, 9.17) is 25.7 Å². The molecule has 0 saturated carbocycles. The van der Waals surface area contributed by atoms with Crippen molar-refractivity contribution in [2.45, 2.75) is 141 Å². The molecule has 0 radical (unpaired) electrons. The monoisotopic (exact) mass is 1060 g/mol. The Kier molecular flexibility index (Phi) is 23.1. The molecule has 0 aromatic heterocycles. The lowest BCUT2D eigenvalue weighted by molar-refractivity contribution is -0.159. The molecular formula is C52H70N8O14S. The number of ether oxygens (including phenoxy) is 3. The predicted molar refractivity (Wildman–Crippen MR) is 278 cm³/mol. The second kappa shape index (κ2) is 28.1. The molecule has 11 N–H and O–H groups in total. The van der Waals surface area contributed by atoms with Gasteiger partial charge in [-0.3, -0.25) is 38.4 Å². The molecule has 75 heavy (non-hydrogen) atoms. The quantitative estimate of drug-likeness (QED) is 0.0242. The van der Waals surface area contributed by atoms with Gasteiger partial charge >= 0.3 is 18.0 Å². The van der Waals surface area contributed by atoms with E-state index in [1.165, 1.54) is 31.2 Å². The zero-order chi connectivity index (χ0) is 56.3. The van der Waals surface area contributed by atoms with Crippen LogP contribution >= 0.6 is 11.8 Å². The number of hydrogen-bond donors (Lipinski definition) is 9. The van der Waals surface area contributed by atoms with Crippen LogP contribution in [0.15, 0.2) is 78.9 Å². The van der Waals surface area contributed by atoms with Crippen LogP contribution in [0.2, 0.25) is 0 Å². The number of phenolic OH excluding ortho intramolecular Hbond substituents is 1. The molecule has 408 valence electrons. The molecule has 3 aromatic carbocycles. The zero-order valence-electron chi connectivity index (χ0n) is 43.7. The Balaban J connectivity index is 1.96. The SMILES string of the molecule is CC(=O)NCSC[C@H](NC(=O)[C@H](Cc1ccc(O)cc1)NC(=O)[C@H](CC(N)=O)NC(=O)[C@H](CCC(=O)OC(C)(C)C)NC(=O)OC(C)(C)c1ccc(-c2ccccc2)cc1)C(=O)N[C@@H](CC(N)=O)C(=O)OC(C)(C)C. The number of thioether (sulfide) groups is 1. The minimum absolute atomic E-state index is 0.0278. The number of nitrogens with two attached hydrogens (primary N) is 2. The fourth-order valence-corrected chi connectivity index (χ4v) is 7.83. The van der Waals surface area contributed by atoms with Crippen LogP contribution in [0, 0.1) is 0 Å². The number of benzene rings is 3. The first-order valence-electron chi connectivity index (χ1n) is 23.9. The lowest BCUT2D eigenvalue weighted by Crippen LogP contribution is -2.60. The fourth-order valence-electron chi connectivity index (χ4n) is 6.94. The highest BCUT2D eigenvalue weighted by Crippen LogP contribution is 2.28. The number of amides is 8. The minimum Gasteiger partial charge on any atom is -0.508 e. The summed E-state index contributed by atoms with van der Waals surface area (Å²) in [5.41, 5.74) is 10.6. The summed E-state index contributed by atoms with van der Waals surface area (Å²) in [5.74, 6) is -8.76. The molecule has 0 spiro atoms. The number of carbonyl (C=O) groups is 10. The van der Waals surface area contributed by atoms with Crippen LogP contribution in [0.3, 0.4) is 0 Å². The molecule has 0 bridgehead atoms. The maximum absolute atomic E-state index is 14.3. The highest BCUT2D eigenvalue weighted by atomic mass is 32.2. The number of esters is 2. The molecule has 22 nitrogen and oxygen atoms in total. The van der Waals surface area contributed by atoms with Crippen molar-refractivity contribution < 1.29 is 67.3 Å². The molecule has 3 rings (SSSR count). The number of alkyl carbamates (subject to hydrolysis) is 1. The summed E-state index contributed by atoms with van der Waals surface area (Å²) in [7, 11) is 0. The van der Waals surface area contributed by atoms with Crippen molar-refractivity contribution in [3.05, 3.63) is 90.0 Å². The van der Waals surface area contributed by atoms with Gasteiger partial charge in [-0.15, -0.1) is 11.8 Å². The summed E-state index contributed by atoms with van der Waals surface area (Å²) in [6.45, 7) is 14.1. The van der Waals surface area contributed by atoms with Gasteiger partial charge in [-0.05, 0) is 96.2 Å². The van der Waals surface area contributed by atoms with Crippen molar-refractivity contribution in [1.29, 1.82) is 0 Å². The van der Waals surface area contributed by atoms with Gasteiger partial charge in [-0.2, -0.15) is 0 Å². The summed E-state index contributed by atoms with van der Waals surface area (Å²) in [6, 6.07) is 14.2. The van der Waals surface area contributed by atoms with E-state index < -0.39 is 126 Å². The summed E-state index contributed by atoms with van der Waals surface area (Å²) >= 11 is 0.988. The van der Waals surface area contributed by atoms with Crippen LogP contribution in [-0.2, 0) is 69.4 Å². The first kappa shape index (κ1) is 61.6. The first-order valence-corrected chi connectivity index (χ1v) is 25.0. The largest absolute Gasteiger partial charge is 0.508 e. The van der Waals surface area contributed by atoms with E-state index in [1.807, 2.05) is 42.5 Å². The molecule has 0 aliphatic heterocycles. The van der Waals surface area contributed by atoms with Crippen LogP contribution in [0.25, 0.3) is 11.1 Å². The normalized spacial score (nSPS) is 13.5. The fraction of sp³-hybridized carbons (Fsp3) is 0.462. The maximum atomic E-state index is 14.3. The molecule has 8 amide bonds. The van der Waals surface area contributed by atoms with Gasteiger partial charge in [0.05, 0.1) is 18.7 Å². The average molecular weight is 1060 g/mol. The van der Waals surface area contributed by atoms with E-state index in [1.54, 1.807) is 67.5 Å². The van der Waals surface area contributed by atoms with E-state index in [0.717, 1.165) is 22.9 Å². The van der Waals surface area contributed by atoms with Crippen molar-refractivity contribution in [3.8, 4) is 16.9 Å². The lowest BCUT2D eigenvalue weighted by Gasteiger charge is -2.29. The Labute approximate surface area is 440 Å². The van der Waals surface area contributed by atoms with Gasteiger partial charge in [0.15, 0.2) is 0 Å². The number of nitrogens with one attached hydrogen (secondary N) is 6. The van der Waals surface area contributed by atoms with E-state index in [9.17, 15) is 53.1 Å². The van der Waals surface area contributed by atoms with E-state index in [-0.39, 0.29) is 30.2 Å². The summed E-state index contributed by atoms with van der Waals surface area (Å²) in [6.07, 6.45) is -3.69. The van der Waals surface area contributed by atoms with Gasteiger partial charge in [0, 0.05) is 25.5 Å². The molecule has 0 fully saturated rings. The number of phenols is 1. The second-order valence-corrected chi connectivity index (χ2v) is 20.9. The third-order valence-corrected chi connectivity index (χ3v) is 11.4. The van der Waals surface area contributed by atoms with E-state index in [0.29, 0.717) is 11.1 Å². The first-order chi connectivity index (χ1) is 34.9. The number of aromatic hydroxyl groups is 1. The van der Waals surface area contributed by atoms with Gasteiger partial charge < -0.3 is 62.7 Å². The van der Waals surface area contributed by atoms with Crippen molar-refractivity contribution in [2.24, 2.45) is 11.5 Å². The molecule has 0 heterocycles. The van der Waals surface area contributed by atoms with Crippen LogP contribution in [0.4, 0.5) is 4.79 Å². The van der Waals surface area contributed by atoms with Crippen molar-refractivity contribution in [3.63, 3.8) is 0 Å². The minimum atomic E-state index is -1.82. The molecule has 0 unspecified atom stereocenters. The summed E-state index contributed by atoms with van der Waals surface area (Å²) < 4.78 is 16.6. The summed E-state index contributed by atoms with van der Waals surface area (Å²) in [4.78, 5) is 132. The van der Waals surface area contributed by atoms with Gasteiger partial charge in [0.2, 0.25) is 41.4 Å². The van der Waals surface area contributed by atoms with E-state index in [2.05, 4.69) is 31.9 Å². The van der Waals surface area contributed by atoms with Gasteiger partial charge in [-0.1, -0.05) is 66.7 Å². The van der Waals surface area contributed by atoms with Crippen LogP contribution < -0.4 is 43.4 Å². The lowest BCUT2D eigenvalue weighted by atomic mass is 9.95. The zero-order valence-corrected chi connectivity index (χ0v) is 44.5. The van der Waals surface area contributed by atoms with E-state index >= 15 is 0 Å². The number of hydrogen-bond acceptors (Lipinski definition) is 15. The standard InChI is InChI=1S/C52H70N8O14S/c1-30(61)55-29-75-28-40(47(69)58-39(27-42(54)64)48(70)73-51(5,6)7)59-45(67)37(25-31-15-21-35(62)22-16-31)56-46(68)38(26-41(53)63)57-44(66)36(23-24-43(65)72-50(2,3)4)60-49(71)74-52(8,9)34-19-17-33(18-20-34)32-13-11-10-12-14-32/h10-22,36-40,62H,23-29H2,1-9H3,(H2,53,63)(H2,54,64)(H,55,61)(H,56,68)(H,57,66)(H,58,69)(H,59,67)(H,60,71)/t36-,37-,38-,39-,40-/m0/s1. The molecular weight excluding hydrogens is 993 g/mol. The topological polar surface area (TPSA) is 343 Å². The predicted octanol–water partition coefficient (Wildman–Crippen LogP) is 2.61. The molecule has 0 aliphatic carbocycles. The Hall–Kier alpha value is -7.69. The second-order valence-electron chi connectivity index (χ2n) is 19.9. The van der Waals surface area contributed by atoms with Crippen LogP contribution in [0.5, 0.6) is 5.75 Å². The Morgan fingerprint density at radius 2 is 1.07 bits per heavy atom. The molecule has 0 saturated heterocycles. The molecule has 3 aromatic rings. The third-order valence-electron chi connectivity index (χ3n) is 10.5. The highest BCUT2D eigenvalue weighted by Gasteiger charge is 2.36. The summed E-state index contributed by atoms with van der Waals surface area (Å²) in [5, 5.41) is 24.8. The maximum Gasteiger partial charge on any atom is 0.408 e. The van der Waals surface area contributed by atoms with Crippen molar-refractivity contribution >= 4 is 71.1 Å². The number of rotatable bonds is 26. The average Bonchev–Trinajstić information content (AvgIpc) is 3.29. The Morgan fingerprint density at radius 3 is 1.63 bits per heavy atom. The van der Waals surface area contributed by atoms with Crippen molar-refractivity contribution in [2.75, 3.05) is 11.6 Å². The van der Waals surface area contributed by atoms with Crippen LogP contribution in [-0.4, -0.2) is 118 Å². The highest BCUT2D eigenvalue weighted by molar-refractivity contribution is 7.99. The van der Waals surface area contributed by atoms with Gasteiger partial charge in [0.25, 0.3) is 0 Å². The molecule has 5 atom stereocenters. The number of primary amides is 2. The van der Waals surface area contributed by atoms with Crippen molar-refractivity contribution in [1.82, 2.24) is 31.9 Å². The smallest absolute Gasteiger partial charge is 0.408 e. The molecule has 0 aliphatic rings. The molecule has 23 heteroatoms.